The van der Waals surface area contributed by atoms with E-state index < -0.39 is 0 Å². The van der Waals surface area contributed by atoms with Gasteiger partial charge in [-0.05, 0) is 37.8 Å². The number of thiophene rings is 1. The highest BCUT2D eigenvalue weighted by Gasteiger charge is 2.32. The molecule has 1 aliphatic heterocycles. The standard InChI is InChI=1S/C10H15NS2/c1-7-4-5-12-8(7)9-11-10(2,3)6-13-9/h4-5,9,11H,6H2,1-3H3. The van der Waals surface area contributed by atoms with E-state index in [0.29, 0.717) is 10.9 Å². The minimum atomic E-state index is 0.297. The van der Waals surface area contributed by atoms with E-state index in [0.717, 1.165) is 0 Å². The summed E-state index contributed by atoms with van der Waals surface area (Å²) in [6.07, 6.45) is 0. The summed E-state index contributed by atoms with van der Waals surface area (Å²) in [4.78, 5) is 1.50. The Morgan fingerprint density at radius 1 is 1.54 bits per heavy atom. The summed E-state index contributed by atoms with van der Waals surface area (Å²) < 4.78 is 0. The van der Waals surface area contributed by atoms with Crippen molar-refractivity contribution in [3.05, 3.63) is 21.9 Å². The molecule has 13 heavy (non-hydrogen) atoms. The van der Waals surface area contributed by atoms with Gasteiger partial charge in [0.2, 0.25) is 0 Å². The molecule has 0 spiro atoms. The van der Waals surface area contributed by atoms with E-state index in [2.05, 4.69) is 37.5 Å². The summed E-state index contributed by atoms with van der Waals surface area (Å²) in [6.45, 7) is 6.73. The molecule has 2 rings (SSSR count). The van der Waals surface area contributed by atoms with Crippen molar-refractivity contribution in [3.8, 4) is 0 Å². The van der Waals surface area contributed by atoms with Crippen LogP contribution in [0.25, 0.3) is 0 Å². The summed E-state index contributed by atoms with van der Waals surface area (Å²) in [5.41, 5.74) is 1.72. The van der Waals surface area contributed by atoms with Crippen LogP contribution in [0.1, 0.15) is 29.7 Å². The number of hydrogen-bond acceptors (Lipinski definition) is 3. The normalized spacial score (nSPS) is 26.5. The molecule has 72 valence electrons. The molecule has 0 radical (unpaired) electrons. The Morgan fingerprint density at radius 3 is 2.77 bits per heavy atom. The second-order valence-electron chi connectivity index (χ2n) is 4.19. The molecule has 0 amide bonds. The topological polar surface area (TPSA) is 12.0 Å². The van der Waals surface area contributed by atoms with Crippen molar-refractivity contribution in [3.63, 3.8) is 0 Å². The average molecular weight is 213 g/mol. The highest BCUT2D eigenvalue weighted by molar-refractivity contribution is 7.99. The van der Waals surface area contributed by atoms with Gasteiger partial charge in [-0.3, -0.25) is 5.32 Å². The summed E-state index contributed by atoms with van der Waals surface area (Å²) in [5.74, 6) is 1.20. The van der Waals surface area contributed by atoms with Crippen molar-refractivity contribution < 1.29 is 0 Å². The molecular formula is C10H15NS2. The highest BCUT2D eigenvalue weighted by atomic mass is 32.2. The first-order valence-corrected chi connectivity index (χ1v) is 6.45. The Bertz CT molecular complexity index is 304. The lowest BCUT2D eigenvalue weighted by atomic mass is 10.1. The number of nitrogens with one attached hydrogen (secondary N) is 1. The third-order valence-electron chi connectivity index (χ3n) is 2.27. The monoisotopic (exact) mass is 213 g/mol. The minimum Gasteiger partial charge on any atom is -0.295 e. The lowest BCUT2D eigenvalue weighted by Crippen LogP contribution is -2.35. The van der Waals surface area contributed by atoms with E-state index in [1.165, 1.54) is 16.2 Å². The zero-order valence-corrected chi connectivity index (χ0v) is 9.89. The van der Waals surface area contributed by atoms with Gasteiger partial charge in [-0.1, -0.05) is 0 Å². The number of aryl methyl sites for hydroxylation is 1. The first kappa shape index (κ1) is 9.56. The molecular weight excluding hydrogens is 198 g/mol. The lowest BCUT2D eigenvalue weighted by Gasteiger charge is -2.18. The van der Waals surface area contributed by atoms with Crippen LogP contribution >= 0.6 is 23.1 Å². The predicted molar refractivity (Wildman–Crippen MR) is 61.5 cm³/mol. The first-order chi connectivity index (χ1) is 6.08. The van der Waals surface area contributed by atoms with Crippen molar-refractivity contribution in [2.45, 2.75) is 31.7 Å². The molecule has 1 fully saturated rings. The van der Waals surface area contributed by atoms with E-state index in [1.807, 2.05) is 23.1 Å². The van der Waals surface area contributed by atoms with Gasteiger partial charge in [0.1, 0.15) is 0 Å². The Morgan fingerprint density at radius 2 is 2.31 bits per heavy atom. The Kier molecular flexibility index (Phi) is 2.43. The molecule has 0 bridgehead atoms. The van der Waals surface area contributed by atoms with Gasteiger partial charge in [0.15, 0.2) is 0 Å². The summed E-state index contributed by atoms with van der Waals surface area (Å²) >= 11 is 3.88. The summed E-state index contributed by atoms with van der Waals surface area (Å²) in [5, 5.41) is 6.35. The SMILES string of the molecule is Cc1ccsc1C1NC(C)(C)CS1. The molecule has 1 unspecified atom stereocenters. The highest BCUT2D eigenvalue weighted by Crippen LogP contribution is 2.40. The smallest absolute Gasteiger partial charge is 0.0890 e. The largest absolute Gasteiger partial charge is 0.295 e. The third kappa shape index (κ3) is 1.92. The second kappa shape index (κ2) is 3.30. The molecule has 0 aliphatic carbocycles. The zero-order chi connectivity index (χ0) is 9.47. The van der Waals surface area contributed by atoms with Gasteiger partial charge in [0, 0.05) is 16.2 Å². The van der Waals surface area contributed by atoms with Crippen molar-refractivity contribution >= 4 is 23.1 Å². The fourth-order valence-corrected chi connectivity index (χ4v) is 4.16. The van der Waals surface area contributed by atoms with E-state index in [4.69, 9.17) is 0 Å². The fourth-order valence-electron chi connectivity index (χ4n) is 1.52. The second-order valence-corrected chi connectivity index (χ2v) is 6.23. The number of hydrogen-bond donors (Lipinski definition) is 1. The molecule has 0 saturated carbocycles. The van der Waals surface area contributed by atoms with E-state index in [9.17, 15) is 0 Å². The van der Waals surface area contributed by atoms with Crippen molar-refractivity contribution in [2.75, 3.05) is 5.75 Å². The van der Waals surface area contributed by atoms with Crippen LogP contribution in [0, 0.1) is 6.92 Å². The predicted octanol–water partition coefficient (Wildman–Crippen LogP) is 3.17. The Hall–Kier alpha value is 0.01000. The van der Waals surface area contributed by atoms with E-state index in [-0.39, 0.29) is 0 Å². The van der Waals surface area contributed by atoms with Crippen LogP contribution in [0.15, 0.2) is 11.4 Å². The van der Waals surface area contributed by atoms with Crippen molar-refractivity contribution in [2.24, 2.45) is 0 Å². The molecule has 1 aromatic heterocycles. The molecule has 1 aromatic rings. The van der Waals surface area contributed by atoms with Crippen LogP contribution < -0.4 is 5.32 Å². The maximum atomic E-state index is 3.65. The molecule has 3 heteroatoms. The fraction of sp³-hybridized carbons (Fsp3) is 0.600. The van der Waals surface area contributed by atoms with Gasteiger partial charge in [-0.15, -0.1) is 23.1 Å². The van der Waals surface area contributed by atoms with Crippen molar-refractivity contribution in [1.29, 1.82) is 0 Å². The average Bonchev–Trinajstić information content (AvgIpc) is 2.56. The molecule has 1 nitrogen and oxygen atoms in total. The first-order valence-electron chi connectivity index (χ1n) is 4.52. The van der Waals surface area contributed by atoms with Crippen LogP contribution in [0.4, 0.5) is 0 Å². The maximum absolute atomic E-state index is 3.65. The van der Waals surface area contributed by atoms with Crippen LogP contribution in [-0.2, 0) is 0 Å². The Labute approximate surface area is 87.9 Å². The van der Waals surface area contributed by atoms with Gasteiger partial charge in [0.05, 0.1) is 5.37 Å². The van der Waals surface area contributed by atoms with Crippen LogP contribution in [0.2, 0.25) is 0 Å². The van der Waals surface area contributed by atoms with E-state index >= 15 is 0 Å². The van der Waals surface area contributed by atoms with Crippen LogP contribution in [0.3, 0.4) is 0 Å². The van der Waals surface area contributed by atoms with Gasteiger partial charge in [-0.2, -0.15) is 0 Å². The van der Waals surface area contributed by atoms with E-state index in [1.54, 1.807) is 0 Å². The molecule has 1 atom stereocenters. The van der Waals surface area contributed by atoms with Gasteiger partial charge in [0.25, 0.3) is 0 Å². The molecule has 0 aromatic carbocycles. The Balaban J connectivity index is 2.17. The maximum Gasteiger partial charge on any atom is 0.0890 e. The summed E-state index contributed by atoms with van der Waals surface area (Å²) in [6, 6.07) is 2.20. The molecule has 1 N–H and O–H groups in total. The third-order valence-corrected chi connectivity index (χ3v) is 5.08. The quantitative estimate of drug-likeness (QED) is 0.769. The van der Waals surface area contributed by atoms with Crippen LogP contribution in [-0.4, -0.2) is 11.3 Å². The van der Waals surface area contributed by atoms with Crippen molar-refractivity contribution in [1.82, 2.24) is 5.32 Å². The van der Waals surface area contributed by atoms with Gasteiger partial charge in [-0.25, -0.2) is 0 Å². The molecule has 1 saturated heterocycles. The molecule has 1 aliphatic rings. The number of rotatable bonds is 1. The van der Waals surface area contributed by atoms with Gasteiger partial charge >= 0.3 is 0 Å². The van der Waals surface area contributed by atoms with Gasteiger partial charge < -0.3 is 0 Å². The zero-order valence-electron chi connectivity index (χ0n) is 8.26. The lowest BCUT2D eigenvalue weighted by molar-refractivity contribution is 0.453. The summed E-state index contributed by atoms with van der Waals surface area (Å²) in [7, 11) is 0. The number of thioether (sulfide) groups is 1. The minimum absolute atomic E-state index is 0.297. The van der Waals surface area contributed by atoms with Crippen LogP contribution in [0.5, 0.6) is 0 Å². The molecule has 2 heterocycles.